The largest absolute Gasteiger partial charge is 0.389 e. The molecule has 1 N–H and O–H groups in total. The molecule has 0 saturated carbocycles. The van der Waals surface area contributed by atoms with Crippen molar-refractivity contribution in [2.24, 2.45) is 0 Å². The minimum Gasteiger partial charge on any atom is -0.389 e. The third-order valence-corrected chi connectivity index (χ3v) is 2.66. The third kappa shape index (κ3) is 14.5. The van der Waals surface area contributed by atoms with Gasteiger partial charge in [0, 0.05) is 0 Å². The van der Waals surface area contributed by atoms with Gasteiger partial charge in [-0.25, -0.2) is 0 Å². The highest BCUT2D eigenvalue weighted by molar-refractivity contribution is 5.08. The van der Waals surface area contributed by atoms with Gasteiger partial charge in [-0.15, -0.1) is 0 Å². The Labute approximate surface area is 124 Å². The molecule has 1 nitrogen and oxygen atoms in total. The van der Waals surface area contributed by atoms with Crippen LogP contribution in [0.4, 0.5) is 0 Å². The summed E-state index contributed by atoms with van der Waals surface area (Å²) in [5.41, 5.74) is 0. The normalized spacial score (nSPS) is 14.5. The summed E-state index contributed by atoms with van der Waals surface area (Å²) in [5, 5.41) is 9.76. The summed E-state index contributed by atoms with van der Waals surface area (Å²) >= 11 is 0. The molecular weight excluding hydrogens is 244 g/mol. The predicted molar refractivity (Wildman–Crippen MR) is 90.7 cm³/mol. The Balaban J connectivity index is 3.57. The lowest BCUT2D eigenvalue weighted by atomic mass is 10.1. The Kier molecular flexibility index (Phi) is 14.2. The molecule has 0 amide bonds. The molecule has 0 aliphatic carbocycles. The maximum absolute atomic E-state index is 9.76. The Morgan fingerprint density at radius 1 is 0.900 bits per heavy atom. The molecule has 0 heterocycles. The highest BCUT2D eigenvalue weighted by Gasteiger charge is 1.96. The molecule has 1 atom stereocenters. The standard InChI is InChI=1S/C19H28O/c1-3-5-7-9-11-13-15-17-19(20)18-16-14-12-10-8-6-4-2/h3-11,16,18-20H,1,12-15,17H2,2H3/b6-4+,7-5+,10-8+,11-9+,18-16+. The van der Waals surface area contributed by atoms with E-state index >= 15 is 0 Å². The molecule has 0 bridgehead atoms. The Bertz CT molecular complexity index is 356. The second-order valence-electron chi connectivity index (χ2n) is 4.51. The Hall–Kier alpha value is -1.60. The molecular formula is C19H28O. The van der Waals surface area contributed by atoms with Crippen LogP contribution in [0, 0.1) is 0 Å². The summed E-state index contributed by atoms with van der Waals surface area (Å²) in [5.74, 6) is 0. The Morgan fingerprint density at radius 2 is 1.60 bits per heavy atom. The van der Waals surface area contributed by atoms with Gasteiger partial charge in [0.2, 0.25) is 0 Å². The summed E-state index contributed by atoms with van der Waals surface area (Å²) < 4.78 is 0. The fraction of sp³-hybridized carbons (Fsp3) is 0.368. The molecule has 0 aliphatic heterocycles. The van der Waals surface area contributed by atoms with Gasteiger partial charge in [-0.2, -0.15) is 0 Å². The van der Waals surface area contributed by atoms with Gasteiger partial charge in [0.25, 0.3) is 0 Å². The zero-order valence-corrected chi connectivity index (χ0v) is 12.6. The van der Waals surface area contributed by atoms with E-state index in [-0.39, 0.29) is 6.10 Å². The molecule has 0 aromatic rings. The van der Waals surface area contributed by atoms with Crippen molar-refractivity contribution in [1.29, 1.82) is 0 Å². The van der Waals surface area contributed by atoms with E-state index in [9.17, 15) is 5.11 Å². The van der Waals surface area contributed by atoms with E-state index < -0.39 is 0 Å². The van der Waals surface area contributed by atoms with Gasteiger partial charge < -0.3 is 5.11 Å². The van der Waals surface area contributed by atoms with Crippen LogP contribution >= 0.6 is 0 Å². The van der Waals surface area contributed by atoms with E-state index in [1.54, 1.807) is 6.08 Å². The van der Waals surface area contributed by atoms with Crippen LogP contribution in [0.25, 0.3) is 0 Å². The van der Waals surface area contributed by atoms with Crippen molar-refractivity contribution in [1.82, 2.24) is 0 Å². The van der Waals surface area contributed by atoms with Gasteiger partial charge in [0.1, 0.15) is 0 Å². The first-order valence-electron chi connectivity index (χ1n) is 7.38. The molecule has 20 heavy (non-hydrogen) atoms. The molecule has 0 saturated heterocycles. The number of rotatable bonds is 11. The number of hydrogen-bond acceptors (Lipinski definition) is 1. The number of aliphatic hydroxyl groups is 1. The first kappa shape index (κ1) is 18.4. The first-order chi connectivity index (χ1) is 9.81. The maximum Gasteiger partial charge on any atom is 0.0721 e. The third-order valence-electron chi connectivity index (χ3n) is 2.66. The van der Waals surface area contributed by atoms with Gasteiger partial charge in [-0.3, -0.25) is 0 Å². The number of unbranched alkanes of at least 4 members (excludes halogenated alkanes) is 2. The van der Waals surface area contributed by atoms with E-state index in [0.29, 0.717) is 0 Å². The SMILES string of the molecule is C=C/C=C/C=C/CCCC(O)/C=C/CC/C=C/C=C/C. The minimum atomic E-state index is -0.313. The monoisotopic (exact) mass is 272 g/mol. The van der Waals surface area contributed by atoms with Gasteiger partial charge >= 0.3 is 0 Å². The highest BCUT2D eigenvalue weighted by Crippen LogP contribution is 2.04. The van der Waals surface area contributed by atoms with Crippen LogP contribution < -0.4 is 0 Å². The summed E-state index contributed by atoms with van der Waals surface area (Å²) in [6, 6.07) is 0. The second-order valence-corrected chi connectivity index (χ2v) is 4.51. The summed E-state index contributed by atoms with van der Waals surface area (Å²) in [6.07, 6.45) is 26.5. The van der Waals surface area contributed by atoms with Gasteiger partial charge in [0.15, 0.2) is 0 Å². The smallest absolute Gasteiger partial charge is 0.0721 e. The molecule has 0 rings (SSSR count). The van der Waals surface area contributed by atoms with Crippen molar-refractivity contribution >= 4 is 0 Å². The molecule has 0 aromatic heterocycles. The fourth-order valence-electron chi connectivity index (χ4n) is 1.59. The van der Waals surface area contributed by atoms with Crippen molar-refractivity contribution < 1.29 is 5.11 Å². The molecule has 0 radical (unpaired) electrons. The molecule has 110 valence electrons. The number of aliphatic hydroxyl groups excluding tert-OH is 1. The van der Waals surface area contributed by atoms with Crippen LogP contribution in [0.2, 0.25) is 0 Å². The molecule has 0 fully saturated rings. The Morgan fingerprint density at radius 3 is 2.35 bits per heavy atom. The average molecular weight is 272 g/mol. The lowest BCUT2D eigenvalue weighted by Gasteiger charge is -2.03. The van der Waals surface area contributed by atoms with Gasteiger partial charge in [-0.1, -0.05) is 73.4 Å². The topological polar surface area (TPSA) is 20.2 Å². The van der Waals surface area contributed by atoms with Crippen molar-refractivity contribution in [3.8, 4) is 0 Å². The lowest BCUT2D eigenvalue weighted by Crippen LogP contribution is -2.00. The maximum atomic E-state index is 9.76. The van der Waals surface area contributed by atoms with E-state index in [1.165, 1.54) is 0 Å². The predicted octanol–water partition coefficient (Wildman–Crippen LogP) is 5.28. The molecule has 0 spiro atoms. The van der Waals surface area contributed by atoms with Crippen LogP contribution in [0.1, 0.15) is 39.0 Å². The van der Waals surface area contributed by atoms with Crippen LogP contribution in [-0.2, 0) is 0 Å². The van der Waals surface area contributed by atoms with Crippen molar-refractivity contribution in [3.63, 3.8) is 0 Å². The number of hydrogen-bond donors (Lipinski definition) is 1. The first-order valence-corrected chi connectivity index (χ1v) is 7.38. The van der Waals surface area contributed by atoms with Crippen LogP contribution in [0.5, 0.6) is 0 Å². The second kappa shape index (κ2) is 15.5. The summed E-state index contributed by atoms with van der Waals surface area (Å²) in [6.45, 7) is 5.61. The van der Waals surface area contributed by atoms with Gasteiger partial charge in [-0.05, 0) is 39.0 Å². The van der Waals surface area contributed by atoms with E-state index in [4.69, 9.17) is 0 Å². The highest BCUT2D eigenvalue weighted by atomic mass is 16.3. The van der Waals surface area contributed by atoms with Crippen LogP contribution in [-0.4, -0.2) is 11.2 Å². The van der Waals surface area contributed by atoms with Crippen molar-refractivity contribution in [3.05, 3.63) is 73.4 Å². The van der Waals surface area contributed by atoms with E-state index in [2.05, 4.69) is 30.9 Å². The van der Waals surface area contributed by atoms with Crippen molar-refractivity contribution in [2.45, 2.75) is 45.1 Å². The van der Waals surface area contributed by atoms with Crippen LogP contribution in [0.3, 0.4) is 0 Å². The lowest BCUT2D eigenvalue weighted by molar-refractivity contribution is 0.209. The van der Waals surface area contributed by atoms with Crippen LogP contribution in [0.15, 0.2) is 73.4 Å². The molecule has 1 heteroatoms. The summed E-state index contributed by atoms with van der Waals surface area (Å²) in [4.78, 5) is 0. The molecule has 0 aliphatic rings. The summed E-state index contributed by atoms with van der Waals surface area (Å²) in [7, 11) is 0. The zero-order valence-electron chi connectivity index (χ0n) is 12.6. The quantitative estimate of drug-likeness (QED) is 0.308. The zero-order chi connectivity index (χ0) is 14.9. The van der Waals surface area contributed by atoms with E-state index in [1.807, 2.05) is 43.4 Å². The number of allylic oxidation sites excluding steroid dienone is 10. The minimum absolute atomic E-state index is 0.313. The van der Waals surface area contributed by atoms with Gasteiger partial charge in [0.05, 0.1) is 6.10 Å². The molecule has 1 unspecified atom stereocenters. The van der Waals surface area contributed by atoms with E-state index in [0.717, 1.165) is 32.1 Å². The fourth-order valence-corrected chi connectivity index (χ4v) is 1.59. The average Bonchev–Trinajstić information content (AvgIpc) is 2.45. The molecule has 0 aromatic carbocycles. The van der Waals surface area contributed by atoms with Crippen molar-refractivity contribution in [2.75, 3.05) is 0 Å².